The van der Waals surface area contributed by atoms with Crippen LogP contribution in [0.3, 0.4) is 0 Å². The SMILES string of the molecule is C[NH+](CC(=O)N1CC(=O)Nc2ccccc21)Cc1ccco1. The number of carbonyl (C=O) groups excluding carboxylic acids is 2. The van der Waals surface area contributed by atoms with Crippen molar-refractivity contribution in [3.63, 3.8) is 0 Å². The quantitative estimate of drug-likeness (QED) is 0.852. The molecule has 2 amide bonds. The Labute approximate surface area is 128 Å². The molecule has 0 radical (unpaired) electrons. The number of carbonyl (C=O) groups is 2. The average molecular weight is 300 g/mol. The number of likely N-dealkylation sites (N-methyl/N-ethyl adjacent to an activating group) is 1. The van der Waals surface area contributed by atoms with Crippen LogP contribution in [0.25, 0.3) is 0 Å². The molecule has 2 heterocycles. The molecule has 0 spiro atoms. The lowest BCUT2D eigenvalue weighted by Crippen LogP contribution is -3.09. The smallest absolute Gasteiger partial charge is 0.282 e. The van der Waals surface area contributed by atoms with Gasteiger partial charge in [0.15, 0.2) is 12.3 Å². The zero-order chi connectivity index (χ0) is 15.5. The van der Waals surface area contributed by atoms with Gasteiger partial charge in [0, 0.05) is 0 Å². The van der Waals surface area contributed by atoms with E-state index in [1.807, 2.05) is 37.4 Å². The van der Waals surface area contributed by atoms with Gasteiger partial charge in [-0.1, -0.05) is 12.1 Å². The molecule has 0 saturated carbocycles. The molecule has 1 aliphatic heterocycles. The van der Waals surface area contributed by atoms with Gasteiger partial charge in [0.25, 0.3) is 5.91 Å². The van der Waals surface area contributed by atoms with Crippen LogP contribution < -0.4 is 15.1 Å². The molecule has 0 bridgehead atoms. The third-order valence-electron chi connectivity index (χ3n) is 3.58. The summed E-state index contributed by atoms with van der Waals surface area (Å²) in [5.41, 5.74) is 1.42. The molecule has 6 heteroatoms. The number of anilines is 2. The number of hydrogen-bond donors (Lipinski definition) is 2. The largest absolute Gasteiger partial charge is 0.463 e. The number of nitrogens with zero attached hydrogens (tertiary/aromatic N) is 1. The number of nitrogens with one attached hydrogen (secondary N) is 2. The van der Waals surface area contributed by atoms with Gasteiger partial charge < -0.3 is 14.6 Å². The molecule has 3 rings (SSSR count). The Kier molecular flexibility index (Phi) is 3.93. The van der Waals surface area contributed by atoms with Crippen LogP contribution in [0.4, 0.5) is 11.4 Å². The maximum atomic E-state index is 12.5. The van der Waals surface area contributed by atoms with Gasteiger partial charge in [-0.15, -0.1) is 0 Å². The number of furan rings is 1. The van der Waals surface area contributed by atoms with Crippen LogP contribution in [0.5, 0.6) is 0 Å². The lowest BCUT2D eigenvalue weighted by Gasteiger charge is -2.29. The number of quaternary nitrogens is 1. The summed E-state index contributed by atoms with van der Waals surface area (Å²) in [4.78, 5) is 26.8. The zero-order valence-electron chi connectivity index (χ0n) is 12.3. The number of rotatable bonds is 4. The number of fused-ring (bicyclic) bond motifs is 1. The van der Waals surface area contributed by atoms with Crippen molar-refractivity contribution < 1.29 is 18.9 Å². The van der Waals surface area contributed by atoms with Crippen LogP contribution >= 0.6 is 0 Å². The van der Waals surface area contributed by atoms with Crippen molar-refractivity contribution in [2.75, 3.05) is 30.4 Å². The Balaban J connectivity index is 1.71. The summed E-state index contributed by atoms with van der Waals surface area (Å²) in [7, 11) is 1.93. The molecule has 22 heavy (non-hydrogen) atoms. The predicted molar refractivity (Wildman–Crippen MR) is 81.6 cm³/mol. The molecule has 1 atom stereocenters. The Morgan fingerprint density at radius 1 is 1.32 bits per heavy atom. The van der Waals surface area contributed by atoms with Gasteiger partial charge in [0.05, 0.1) is 24.7 Å². The van der Waals surface area contributed by atoms with Crippen LogP contribution in [0.1, 0.15) is 5.76 Å². The Bertz CT molecular complexity index is 682. The minimum Gasteiger partial charge on any atom is -0.463 e. The van der Waals surface area contributed by atoms with E-state index < -0.39 is 0 Å². The van der Waals surface area contributed by atoms with E-state index in [2.05, 4.69) is 5.32 Å². The fourth-order valence-electron chi connectivity index (χ4n) is 2.58. The highest BCUT2D eigenvalue weighted by molar-refractivity contribution is 6.10. The molecule has 6 nitrogen and oxygen atoms in total. The highest BCUT2D eigenvalue weighted by Gasteiger charge is 2.28. The van der Waals surface area contributed by atoms with Gasteiger partial charge in [-0.3, -0.25) is 14.5 Å². The number of amides is 2. The van der Waals surface area contributed by atoms with Crippen LogP contribution in [0.2, 0.25) is 0 Å². The first-order valence-corrected chi connectivity index (χ1v) is 7.16. The molecule has 0 aliphatic carbocycles. The summed E-state index contributed by atoms with van der Waals surface area (Å²) in [6.07, 6.45) is 1.62. The lowest BCUT2D eigenvalue weighted by molar-refractivity contribution is -0.886. The maximum absolute atomic E-state index is 12.5. The molecular formula is C16H18N3O3+. The number of hydrogen-bond acceptors (Lipinski definition) is 3. The van der Waals surface area contributed by atoms with Gasteiger partial charge in [0.2, 0.25) is 5.91 Å². The number of benzene rings is 1. The minimum absolute atomic E-state index is 0.0594. The zero-order valence-corrected chi connectivity index (χ0v) is 12.3. The third-order valence-corrected chi connectivity index (χ3v) is 3.58. The van der Waals surface area contributed by atoms with Gasteiger partial charge in [-0.2, -0.15) is 0 Å². The second kappa shape index (κ2) is 6.03. The van der Waals surface area contributed by atoms with E-state index in [-0.39, 0.29) is 18.4 Å². The van der Waals surface area contributed by atoms with Crippen molar-refractivity contribution in [3.8, 4) is 0 Å². The van der Waals surface area contributed by atoms with Crippen molar-refractivity contribution in [1.82, 2.24) is 0 Å². The second-order valence-corrected chi connectivity index (χ2v) is 5.44. The number of para-hydroxylation sites is 2. The first-order chi connectivity index (χ1) is 10.6. The van der Waals surface area contributed by atoms with E-state index in [9.17, 15) is 9.59 Å². The maximum Gasteiger partial charge on any atom is 0.282 e. The average Bonchev–Trinajstić information content (AvgIpc) is 2.98. The van der Waals surface area contributed by atoms with E-state index in [0.717, 1.165) is 16.3 Å². The predicted octanol–water partition coefficient (Wildman–Crippen LogP) is 0.280. The molecule has 1 aromatic carbocycles. The molecular weight excluding hydrogens is 282 g/mol. The third kappa shape index (κ3) is 3.01. The second-order valence-electron chi connectivity index (χ2n) is 5.44. The molecule has 0 saturated heterocycles. The highest BCUT2D eigenvalue weighted by Crippen LogP contribution is 2.28. The first kappa shape index (κ1) is 14.3. The standard InChI is InChI=1S/C16H17N3O3/c1-18(9-12-5-4-8-22-12)11-16(21)19-10-15(20)17-13-6-2-3-7-14(13)19/h2-8H,9-11H2,1H3,(H,17,20)/p+1. The molecule has 1 aliphatic rings. The molecule has 1 aromatic heterocycles. The first-order valence-electron chi connectivity index (χ1n) is 7.16. The van der Waals surface area contributed by atoms with Gasteiger partial charge in [0.1, 0.15) is 13.1 Å². The van der Waals surface area contributed by atoms with Crippen LogP contribution in [-0.2, 0) is 16.1 Å². The van der Waals surface area contributed by atoms with Gasteiger partial charge in [-0.25, -0.2) is 0 Å². The van der Waals surface area contributed by atoms with Gasteiger partial charge >= 0.3 is 0 Å². The molecule has 2 N–H and O–H groups in total. The van der Waals surface area contributed by atoms with E-state index in [1.165, 1.54) is 0 Å². The van der Waals surface area contributed by atoms with Crippen molar-refractivity contribution in [3.05, 3.63) is 48.4 Å². The van der Waals surface area contributed by atoms with E-state index in [4.69, 9.17) is 4.42 Å². The summed E-state index contributed by atoms with van der Waals surface area (Å²) in [6, 6.07) is 11.0. The van der Waals surface area contributed by atoms with Gasteiger partial charge in [-0.05, 0) is 24.3 Å². The summed E-state index contributed by atoms with van der Waals surface area (Å²) in [5, 5.41) is 2.78. The summed E-state index contributed by atoms with van der Waals surface area (Å²) in [5.74, 6) is 0.587. The summed E-state index contributed by atoms with van der Waals surface area (Å²) >= 11 is 0. The minimum atomic E-state index is -0.171. The van der Waals surface area contributed by atoms with E-state index in [1.54, 1.807) is 17.2 Å². The molecule has 2 aromatic rings. The van der Waals surface area contributed by atoms with E-state index >= 15 is 0 Å². The van der Waals surface area contributed by atoms with Crippen LogP contribution in [0.15, 0.2) is 47.1 Å². The van der Waals surface area contributed by atoms with Crippen molar-refractivity contribution in [2.45, 2.75) is 6.54 Å². The highest BCUT2D eigenvalue weighted by atomic mass is 16.3. The van der Waals surface area contributed by atoms with Crippen molar-refractivity contribution in [1.29, 1.82) is 0 Å². The Hall–Kier alpha value is -2.60. The fourth-order valence-corrected chi connectivity index (χ4v) is 2.58. The molecule has 1 unspecified atom stereocenters. The lowest BCUT2D eigenvalue weighted by atomic mass is 10.2. The summed E-state index contributed by atoms with van der Waals surface area (Å²) < 4.78 is 5.29. The van der Waals surface area contributed by atoms with Crippen molar-refractivity contribution in [2.24, 2.45) is 0 Å². The molecule has 114 valence electrons. The summed E-state index contributed by atoms with van der Waals surface area (Å²) in [6.45, 7) is 0.979. The van der Waals surface area contributed by atoms with Crippen LogP contribution in [-0.4, -0.2) is 32.0 Å². The van der Waals surface area contributed by atoms with E-state index in [0.29, 0.717) is 18.8 Å². The Morgan fingerprint density at radius 3 is 2.91 bits per heavy atom. The molecule has 0 fully saturated rings. The normalized spacial score (nSPS) is 15.1. The van der Waals surface area contributed by atoms with Crippen molar-refractivity contribution >= 4 is 23.2 Å². The monoisotopic (exact) mass is 300 g/mol. The topological polar surface area (TPSA) is 67.0 Å². The van der Waals surface area contributed by atoms with Crippen LogP contribution in [0, 0.1) is 0 Å². The Morgan fingerprint density at radius 2 is 2.14 bits per heavy atom. The fraction of sp³-hybridized carbons (Fsp3) is 0.250.